The van der Waals surface area contributed by atoms with Crippen LogP contribution in [0.2, 0.25) is 0 Å². The number of halogens is 1. The number of rotatable bonds is 7. The summed E-state index contributed by atoms with van der Waals surface area (Å²) in [5.74, 6) is 1.09. The van der Waals surface area contributed by atoms with Gasteiger partial charge in [0.05, 0.1) is 26.4 Å². The topological polar surface area (TPSA) is 62.3 Å². The molecule has 0 atom stereocenters. The van der Waals surface area contributed by atoms with Gasteiger partial charge >= 0.3 is 0 Å². The van der Waals surface area contributed by atoms with Crippen LogP contribution in [0.3, 0.4) is 0 Å². The molecule has 1 aromatic rings. The lowest BCUT2D eigenvalue weighted by atomic mass is 10.2. The number of hydrogen-bond donors (Lipinski definition) is 0. The Morgan fingerprint density at radius 1 is 1.00 bits per heavy atom. The maximum Gasteiger partial charge on any atom is 0.236 e. The highest BCUT2D eigenvalue weighted by molar-refractivity contribution is 9.10. The third kappa shape index (κ3) is 6.46. The summed E-state index contributed by atoms with van der Waals surface area (Å²) in [6, 6.07) is 7.68. The van der Waals surface area contributed by atoms with Gasteiger partial charge in [-0.3, -0.25) is 14.5 Å². The van der Waals surface area contributed by atoms with E-state index >= 15 is 0 Å². The second kappa shape index (κ2) is 10.8. The molecule has 2 heterocycles. The molecule has 0 aliphatic carbocycles. The average Bonchev–Trinajstić information content (AvgIpc) is 2.72. The van der Waals surface area contributed by atoms with Crippen LogP contribution in [0.4, 0.5) is 0 Å². The molecule has 154 valence electrons. The van der Waals surface area contributed by atoms with Gasteiger partial charge < -0.3 is 19.3 Å². The zero-order valence-electron chi connectivity index (χ0n) is 16.1. The van der Waals surface area contributed by atoms with Gasteiger partial charge in [0.1, 0.15) is 5.75 Å². The lowest BCUT2D eigenvalue weighted by Gasteiger charge is -2.36. The Morgan fingerprint density at radius 2 is 1.68 bits per heavy atom. The fourth-order valence-electron chi connectivity index (χ4n) is 3.38. The van der Waals surface area contributed by atoms with E-state index in [0.29, 0.717) is 65.4 Å². The van der Waals surface area contributed by atoms with Crippen molar-refractivity contribution in [3.8, 4) is 5.75 Å². The molecule has 0 radical (unpaired) electrons. The first kappa shape index (κ1) is 21.1. The van der Waals surface area contributed by atoms with E-state index in [4.69, 9.17) is 9.47 Å². The molecule has 2 aliphatic rings. The van der Waals surface area contributed by atoms with Crippen LogP contribution in [0.1, 0.15) is 12.8 Å². The van der Waals surface area contributed by atoms with Crippen molar-refractivity contribution >= 4 is 27.7 Å². The molecule has 3 rings (SSSR count). The maximum absolute atomic E-state index is 12.4. The summed E-state index contributed by atoms with van der Waals surface area (Å²) in [6.45, 7) is 6.43. The highest BCUT2D eigenvalue weighted by Gasteiger charge is 2.25. The number of ether oxygens (including phenoxy) is 2. The van der Waals surface area contributed by atoms with E-state index in [0.717, 1.165) is 23.3 Å². The summed E-state index contributed by atoms with van der Waals surface area (Å²) in [6.07, 6.45) is 1.15. The summed E-state index contributed by atoms with van der Waals surface area (Å²) < 4.78 is 12.0. The lowest BCUT2D eigenvalue weighted by molar-refractivity contribution is -0.140. The smallest absolute Gasteiger partial charge is 0.236 e. The standard InChI is InChI=1S/C20H28BrN3O4/c21-17-3-1-4-18(15-17)28-12-2-5-19(25)23-6-8-24(9-7-23)20(26)16-22-10-13-27-14-11-22/h1,3-4,15H,2,5-14,16H2. The molecule has 2 saturated heterocycles. The molecule has 2 aliphatic heterocycles. The first-order valence-corrected chi connectivity index (χ1v) is 10.6. The molecule has 0 spiro atoms. The molecule has 7 nitrogen and oxygen atoms in total. The van der Waals surface area contributed by atoms with Crippen molar-refractivity contribution in [2.24, 2.45) is 0 Å². The van der Waals surface area contributed by atoms with Crippen molar-refractivity contribution < 1.29 is 19.1 Å². The molecule has 2 fully saturated rings. The fourth-order valence-corrected chi connectivity index (χ4v) is 3.76. The molecular formula is C20H28BrN3O4. The second-order valence-electron chi connectivity index (χ2n) is 7.06. The van der Waals surface area contributed by atoms with Gasteiger partial charge in [-0.2, -0.15) is 0 Å². The third-order valence-corrected chi connectivity index (χ3v) is 5.54. The van der Waals surface area contributed by atoms with Gasteiger partial charge in [0.2, 0.25) is 11.8 Å². The minimum absolute atomic E-state index is 0.137. The Morgan fingerprint density at radius 3 is 2.36 bits per heavy atom. The summed E-state index contributed by atoms with van der Waals surface area (Å²) in [7, 11) is 0. The van der Waals surface area contributed by atoms with Crippen LogP contribution < -0.4 is 4.74 Å². The Bertz CT molecular complexity index is 659. The van der Waals surface area contributed by atoms with E-state index in [1.165, 1.54) is 0 Å². The summed E-state index contributed by atoms with van der Waals surface area (Å²) in [5, 5.41) is 0. The zero-order valence-corrected chi connectivity index (χ0v) is 17.7. The summed E-state index contributed by atoms with van der Waals surface area (Å²) >= 11 is 3.41. The van der Waals surface area contributed by atoms with Crippen LogP contribution >= 0.6 is 15.9 Å². The van der Waals surface area contributed by atoms with E-state index in [2.05, 4.69) is 20.8 Å². The molecular weight excluding hydrogens is 426 g/mol. The number of carbonyl (C=O) groups is 2. The molecule has 0 unspecified atom stereocenters. The largest absolute Gasteiger partial charge is 0.494 e. The fraction of sp³-hybridized carbons (Fsp3) is 0.600. The number of nitrogens with zero attached hydrogens (tertiary/aromatic N) is 3. The second-order valence-corrected chi connectivity index (χ2v) is 7.98. The van der Waals surface area contributed by atoms with Crippen molar-refractivity contribution in [1.82, 2.24) is 14.7 Å². The van der Waals surface area contributed by atoms with Crippen molar-refractivity contribution in [1.29, 1.82) is 0 Å². The lowest BCUT2D eigenvalue weighted by Crippen LogP contribution is -2.53. The van der Waals surface area contributed by atoms with E-state index in [-0.39, 0.29) is 11.8 Å². The number of piperazine rings is 1. The summed E-state index contributed by atoms with van der Waals surface area (Å²) in [4.78, 5) is 30.7. The molecule has 8 heteroatoms. The number of hydrogen-bond acceptors (Lipinski definition) is 5. The van der Waals surface area contributed by atoms with E-state index in [1.807, 2.05) is 34.1 Å². The maximum atomic E-state index is 12.4. The van der Waals surface area contributed by atoms with Gasteiger partial charge in [-0.15, -0.1) is 0 Å². The molecule has 1 aromatic carbocycles. The van der Waals surface area contributed by atoms with Gasteiger partial charge in [0.25, 0.3) is 0 Å². The highest BCUT2D eigenvalue weighted by atomic mass is 79.9. The van der Waals surface area contributed by atoms with E-state index in [1.54, 1.807) is 0 Å². The monoisotopic (exact) mass is 453 g/mol. The molecule has 0 bridgehead atoms. The van der Waals surface area contributed by atoms with Gasteiger partial charge in [-0.05, 0) is 24.6 Å². The van der Waals surface area contributed by atoms with Crippen LogP contribution in [0.15, 0.2) is 28.7 Å². The van der Waals surface area contributed by atoms with Crippen LogP contribution in [-0.2, 0) is 14.3 Å². The van der Waals surface area contributed by atoms with Crippen molar-refractivity contribution in [3.05, 3.63) is 28.7 Å². The van der Waals surface area contributed by atoms with Gasteiger partial charge in [-0.1, -0.05) is 22.0 Å². The van der Waals surface area contributed by atoms with Crippen LogP contribution in [0.25, 0.3) is 0 Å². The van der Waals surface area contributed by atoms with Gasteiger partial charge in [0.15, 0.2) is 0 Å². The number of carbonyl (C=O) groups excluding carboxylic acids is 2. The predicted octanol–water partition coefficient (Wildman–Crippen LogP) is 1.61. The van der Waals surface area contributed by atoms with Crippen molar-refractivity contribution in [3.63, 3.8) is 0 Å². The first-order chi connectivity index (χ1) is 13.6. The molecule has 0 aromatic heterocycles. The van der Waals surface area contributed by atoms with Crippen molar-refractivity contribution in [2.45, 2.75) is 12.8 Å². The Hall–Kier alpha value is -1.64. The molecule has 28 heavy (non-hydrogen) atoms. The first-order valence-electron chi connectivity index (χ1n) is 9.86. The summed E-state index contributed by atoms with van der Waals surface area (Å²) in [5.41, 5.74) is 0. The SMILES string of the molecule is O=C(CCCOc1cccc(Br)c1)N1CCN(C(=O)CN2CCOCC2)CC1. The number of morpholine rings is 1. The Kier molecular flexibility index (Phi) is 8.12. The normalized spacial score (nSPS) is 18.2. The van der Waals surface area contributed by atoms with Crippen LogP contribution in [0.5, 0.6) is 5.75 Å². The zero-order chi connectivity index (χ0) is 19.8. The minimum atomic E-state index is 0.137. The Labute approximate surface area is 174 Å². The molecule has 0 N–H and O–H groups in total. The third-order valence-electron chi connectivity index (χ3n) is 5.05. The predicted molar refractivity (Wildman–Crippen MR) is 109 cm³/mol. The number of benzene rings is 1. The van der Waals surface area contributed by atoms with Crippen molar-refractivity contribution in [2.75, 3.05) is 65.6 Å². The minimum Gasteiger partial charge on any atom is -0.494 e. The van der Waals surface area contributed by atoms with Gasteiger partial charge in [0, 0.05) is 50.2 Å². The molecule has 0 saturated carbocycles. The average molecular weight is 454 g/mol. The van der Waals surface area contributed by atoms with E-state index < -0.39 is 0 Å². The quantitative estimate of drug-likeness (QED) is 0.586. The highest BCUT2D eigenvalue weighted by Crippen LogP contribution is 2.18. The van der Waals surface area contributed by atoms with Gasteiger partial charge in [-0.25, -0.2) is 0 Å². The Balaban J connectivity index is 1.31. The molecule has 2 amide bonds. The van der Waals surface area contributed by atoms with Crippen LogP contribution in [-0.4, -0.2) is 92.1 Å². The van der Waals surface area contributed by atoms with E-state index in [9.17, 15) is 9.59 Å². The van der Waals surface area contributed by atoms with Crippen LogP contribution in [0, 0.1) is 0 Å². The number of amides is 2.